The Bertz CT molecular complexity index is 573. The van der Waals surface area contributed by atoms with Crippen molar-refractivity contribution in [2.75, 3.05) is 0 Å². The number of hydrazine groups is 1. The SMILES string of the molecule is Cn1ccnc1C(Cc1ccc2c(c1)CCC2)NN. The zero-order chi connectivity index (χ0) is 13.2. The van der Waals surface area contributed by atoms with Crippen LogP contribution in [0.3, 0.4) is 0 Å². The first kappa shape index (κ1) is 12.4. The van der Waals surface area contributed by atoms with Gasteiger partial charge in [0.25, 0.3) is 0 Å². The van der Waals surface area contributed by atoms with Crippen molar-refractivity contribution in [1.82, 2.24) is 15.0 Å². The summed E-state index contributed by atoms with van der Waals surface area (Å²) in [5, 5.41) is 0. The summed E-state index contributed by atoms with van der Waals surface area (Å²) in [6, 6.07) is 6.87. The van der Waals surface area contributed by atoms with Gasteiger partial charge in [-0.1, -0.05) is 18.2 Å². The Morgan fingerprint density at radius 3 is 2.95 bits per heavy atom. The van der Waals surface area contributed by atoms with Crippen molar-refractivity contribution in [3.05, 3.63) is 53.1 Å². The largest absolute Gasteiger partial charge is 0.337 e. The maximum Gasteiger partial charge on any atom is 0.127 e. The van der Waals surface area contributed by atoms with Gasteiger partial charge in [-0.15, -0.1) is 0 Å². The molecule has 19 heavy (non-hydrogen) atoms. The molecule has 0 bridgehead atoms. The fourth-order valence-electron chi connectivity index (χ4n) is 2.93. The molecule has 3 N–H and O–H groups in total. The molecule has 0 saturated heterocycles. The highest BCUT2D eigenvalue weighted by molar-refractivity contribution is 5.35. The van der Waals surface area contributed by atoms with Gasteiger partial charge in [0, 0.05) is 19.4 Å². The molecule has 4 heteroatoms. The fourth-order valence-corrected chi connectivity index (χ4v) is 2.93. The van der Waals surface area contributed by atoms with Crippen LogP contribution >= 0.6 is 0 Å². The Morgan fingerprint density at radius 1 is 1.37 bits per heavy atom. The maximum absolute atomic E-state index is 5.69. The Labute approximate surface area is 113 Å². The second kappa shape index (κ2) is 5.15. The van der Waals surface area contributed by atoms with E-state index in [1.54, 1.807) is 0 Å². The monoisotopic (exact) mass is 256 g/mol. The summed E-state index contributed by atoms with van der Waals surface area (Å²) < 4.78 is 2.01. The van der Waals surface area contributed by atoms with Crippen molar-refractivity contribution in [2.45, 2.75) is 31.7 Å². The Morgan fingerprint density at radius 2 is 2.21 bits per heavy atom. The van der Waals surface area contributed by atoms with Crippen LogP contribution in [0.5, 0.6) is 0 Å². The van der Waals surface area contributed by atoms with Crippen molar-refractivity contribution >= 4 is 0 Å². The van der Waals surface area contributed by atoms with Crippen molar-refractivity contribution in [3.8, 4) is 0 Å². The number of hydrogen-bond donors (Lipinski definition) is 2. The van der Waals surface area contributed by atoms with Gasteiger partial charge in [-0.05, 0) is 42.4 Å². The number of imidazole rings is 1. The summed E-state index contributed by atoms with van der Waals surface area (Å²) in [7, 11) is 2.00. The van der Waals surface area contributed by atoms with Crippen molar-refractivity contribution in [3.63, 3.8) is 0 Å². The molecule has 2 aromatic rings. The van der Waals surface area contributed by atoms with Gasteiger partial charge in [-0.25, -0.2) is 10.4 Å². The van der Waals surface area contributed by atoms with Gasteiger partial charge in [0.15, 0.2) is 0 Å². The smallest absolute Gasteiger partial charge is 0.127 e. The Hall–Kier alpha value is -1.65. The molecule has 0 saturated carbocycles. The molecule has 1 heterocycles. The number of rotatable bonds is 4. The first-order valence-electron chi connectivity index (χ1n) is 6.82. The molecular weight excluding hydrogens is 236 g/mol. The highest BCUT2D eigenvalue weighted by Crippen LogP contribution is 2.25. The first-order chi connectivity index (χ1) is 9.28. The zero-order valence-corrected chi connectivity index (χ0v) is 11.3. The molecule has 1 aromatic heterocycles. The quantitative estimate of drug-likeness (QED) is 0.646. The summed E-state index contributed by atoms with van der Waals surface area (Å²) in [5.41, 5.74) is 7.22. The molecule has 4 nitrogen and oxygen atoms in total. The van der Waals surface area contributed by atoms with Crippen molar-refractivity contribution in [2.24, 2.45) is 12.9 Å². The second-order valence-corrected chi connectivity index (χ2v) is 5.28. The van der Waals surface area contributed by atoms with E-state index in [0.29, 0.717) is 0 Å². The number of aryl methyl sites for hydroxylation is 3. The van der Waals surface area contributed by atoms with Gasteiger partial charge >= 0.3 is 0 Å². The molecule has 0 spiro atoms. The van der Waals surface area contributed by atoms with Crippen LogP contribution < -0.4 is 11.3 Å². The zero-order valence-electron chi connectivity index (χ0n) is 11.3. The third-order valence-electron chi connectivity index (χ3n) is 3.97. The lowest BCUT2D eigenvalue weighted by Gasteiger charge is -2.16. The molecule has 0 fully saturated rings. The summed E-state index contributed by atoms with van der Waals surface area (Å²) in [5.74, 6) is 6.67. The number of aromatic nitrogens is 2. The van der Waals surface area contributed by atoms with E-state index in [4.69, 9.17) is 5.84 Å². The van der Waals surface area contributed by atoms with E-state index in [9.17, 15) is 0 Å². The van der Waals surface area contributed by atoms with Crippen LogP contribution in [0.15, 0.2) is 30.6 Å². The van der Waals surface area contributed by atoms with Crippen LogP contribution in [0.4, 0.5) is 0 Å². The normalized spacial score (nSPS) is 15.5. The fraction of sp³-hybridized carbons (Fsp3) is 0.400. The minimum atomic E-state index is 0.0550. The van der Waals surface area contributed by atoms with Gasteiger partial charge < -0.3 is 4.57 Å². The number of nitrogens with zero attached hydrogens (tertiary/aromatic N) is 2. The number of benzene rings is 1. The average Bonchev–Trinajstić information content (AvgIpc) is 3.04. The minimum Gasteiger partial charge on any atom is -0.337 e. The molecule has 1 aliphatic carbocycles. The highest BCUT2D eigenvalue weighted by Gasteiger charge is 2.17. The summed E-state index contributed by atoms with van der Waals surface area (Å²) >= 11 is 0. The van der Waals surface area contributed by atoms with Crippen LogP contribution in [-0.2, 0) is 26.3 Å². The summed E-state index contributed by atoms with van der Waals surface area (Å²) in [4.78, 5) is 4.38. The lowest BCUT2D eigenvalue weighted by molar-refractivity contribution is 0.507. The molecule has 0 aliphatic heterocycles. The highest BCUT2D eigenvalue weighted by atomic mass is 15.3. The van der Waals surface area contributed by atoms with Crippen LogP contribution in [0.25, 0.3) is 0 Å². The van der Waals surface area contributed by atoms with Gasteiger partial charge in [0.2, 0.25) is 0 Å². The van der Waals surface area contributed by atoms with Crippen LogP contribution in [-0.4, -0.2) is 9.55 Å². The lowest BCUT2D eigenvalue weighted by Crippen LogP contribution is -2.31. The predicted octanol–water partition coefficient (Wildman–Crippen LogP) is 1.66. The van der Waals surface area contributed by atoms with E-state index >= 15 is 0 Å². The van der Waals surface area contributed by atoms with E-state index in [1.807, 2.05) is 24.0 Å². The molecule has 100 valence electrons. The van der Waals surface area contributed by atoms with Crippen LogP contribution in [0.2, 0.25) is 0 Å². The van der Waals surface area contributed by atoms with E-state index in [-0.39, 0.29) is 6.04 Å². The van der Waals surface area contributed by atoms with E-state index in [1.165, 1.54) is 36.0 Å². The maximum atomic E-state index is 5.69. The molecule has 1 unspecified atom stereocenters. The van der Waals surface area contributed by atoms with Crippen LogP contribution in [0.1, 0.15) is 35.0 Å². The third-order valence-corrected chi connectivity index (χ3v) is 3.97. The lowest BCUT2D eigenvalue weighted by atomic mass is 10.0. The molecule has 3 rings (SSSR count). The number of nitrogens with one attached hydrogen (secondary N) is 1. The van der Waals surface area contributed by atoms with E-state index < -0.39 is 0 Å². The third kappa shape index (κ3) is 2.41. The Balaban J connectivity index is 1.81. The molecular formula is C15H20N4. The molecule has 1 aliphatic rings. The second-order valence-electron chi connectivity index (χ2n) is 5.28. The van der Waals surface area contributed by atoms with E-state index in [2.05, 4.69) is 28.6 Å². The van der Waals surface area contributed by atoms with Gasteiger partial charge in [-0.2, -0.15) is 0 Å². The summed E-state index contributed by atoms with van der Waals surface area (Å²) in [6.45, 7) is 0. The Kier molecular flexibility index (Phi) is 3.36. The van der Waals surface area contributed by atoms with Gasteiger partial charge in [0.05, 0.1) is 6.04 Å². The molecule has 1 aromatic carbocycles. The number of fused-ring (bicyclic) bond motifs is 1. The standard InChI is InChI=1S/C15H20N4/c1-19-8-7-17-15(19)14(18-16)10-11-5-6-12-3-2-4-13(12)9-11/h5-9,14,18H,2-4,10,16H2,1H3. The number of nitrogens with two attached hydrogens (primary N) is 1. The molecule has 1 atom stereocenters. The van der Waals surface area contributed by atoms with Gasteiger partial charge in [-0.3, -0.25) is 5.84 Å². The first-order valence-corrected chi connectivity index (χ1v) is 6.82. The number of hydrogen-bond acceptors (Lipinski definition) is 3. The topological polar surface area (TPSA) is 55.9 Å². The summed E-state index contributed by atoms with van der Waals surface area (Å²) in [6.07, 6.45) is 8.36. The molecule has 0 radical (unpaired) electrons. The molecule has 0 amide bonds. The predicted molar refractivity (Wildman–Crippen MR) is 75.4 cm³/mol. The van der Waals surface area contributed by atoms with E-state index in [0.717, 1.165) is 12.2 Å². The van der Waals surface area contributed by atoms with Crippen molar-refractivity contribution < 1.29 is 0 Å². The average molecular weight is 256 g/mol. The van der Waals surface area contributed by atoms with Crippen molar-refractivity contribution in [1.29, 1.82) is 0 Å². The van der Waals surface area contributed by atoms with Crippen LogP contribution in [0, 0.1) is 0 Å². The van der Waals surface area contributed by atoms with Gasteiger partial charge in [0.1, 0.15) is 5.82 Å². The minimum absolute atomic E-state index is 0.0550.